The van der Waals surface area contributed by atoms with Crippen LogP contribution < -0.4 is 5.32 Å². The second-order valence-corrected chi connectivity index (χ2v) is 7.10. The highest BCUT2D eigenvalue weighted by atomic mass is 32.2. The molecule has 2 atom stereocenters. The zero-order valence-corrected chi connectivity index (χ0v) is 13.7. The molecule has 0 aliphatic heterocycles. The normalized spacial score (nSPS) is 16.2. The van der Waals surface area contributed by atoms with E-state index in [0.717, 1.165) is 12.6 Å². The molecule has 0 aliphatic rings. The third-order valence-corrected chi connectivity index (χ3v) is 3.75. The van der Waals surface area contributed by atoms with Crippen LogP contribution in [0.25, 0.3) is 0 Å². The number of rotatable bonds is 8. The van der Waals surface area contributed by atoms with E-state index < -0.39 is 0 Å². The summed E-state index contributed by atoms with van der Waals surface area (Å²) in [6.45, 7) is 13.6. The van der Waals surface area contributed by atoms with Crippen LogP contribution in [0.3, 0.4) is 0 Å². The van der Waals surface area contributed by atoms with E-state index in [4.69, 9.17) is 0 Å². The van der Waals surface area contributed by atoms with Crippen molar-refractivity contribution >= 4 is 11.8 Å². The predicted molar refractivity (Wildman–Crippen MR) is 82.0 cm³/mol. The topological polar surface area (TPSA) is 15.3 Å². The van der Waals surface area contributed by atoms with Crippen LogP contribution in [0.4, 0.5) is 0 Å². The van der Waals surface area contributed by atoms with Gasteiger partial charge in [-0.05, 0) is 53.0 Å². The molecule has 0 bridgehead atoms. The SMILES string of the molecule is CCC(CSC)N(C)CC(C)CNC(C)(C)C. The molecule has 2 unspecified atom stereocenters. The summed E-state index contributed by atoms with van der Waals surface area (Å²) in [4.78, 5) is 2.52. The molecule has 0 saturated carbocycles. The van der Waals surface area contributed by atoms with Crippen LogP contribution in [0, 0.1) is 5.92 Å². The van der Waals surface area contributed by atoms with Crippen molar-refractivity contribution < 1.29 is 0 Å². The van der Waals surface area contributed by atoms with Crippen molar-refractivity contribution in [3.8, 4) is 0 Å². The quantitative estimate of drug-likeness (QED) is 0.722. The Labute approximate surface area is 113 Å². The van der Waals surface area contributed by atoms with Gasteiger partial charge in [-0.2, -0.15) is 11.8 Å². The summed E-state index contributed by atoms with van der Waals surface area (Å²) in [7, 11) is 2.26. The lowest BCUT2D eigenvalue weighted by atomic mass is 10.1. The molecule has 0 radical (unpaired) electrons. The monoisotopic (exact) mass is 260 g/mol. The van der Waals surface area contributed by atoms with Gasteiger partial charge in [0.1, 0.15) is 0 Å². The summed E-state index contributed by atoms with van der Waals surface area (Å²) in [6, 6.07) is 0.724. The number of nitrogens with one attached hydrogen (secondary N) is 1. The largest absolute Gasteiger partial charge is 0.312 e. The highest BCUT2D eigenvalue weighted by molar-refractivity contribution is 7.98. The molecule has 0 fully saturated rings. The lowest BCUT2D eigenvalue weighted by Gasteiger charge is -2.30. The number of hydrogen-bond acceptors (Lipinski definition) is 3. The minimum atomic E-state index is 0.232. The van der Waals surface area contributed by atoms with Crippen molar-refractivity contribution in [2.45, 2.75) is 52.6 Å². The zero-order valence-electron chi connectivity index (χ0n) is 12.8. The van der Waals surface area contributed by atoms with E-state index in [0.29, 0.717) is 5.92 Å². The average Bonchev–Trinajstić information content (AvgIpc) is 2.22. The van der Waals surface area contributed by atoms with Crippen LogP contribution in [0.5, 0.6) is 0 Å². The second kappa shape index (κ2) is 8.39. The average molecular weight is 260 g/mol. The van der Waals surface area contributed by atoms with E-state index in [1.165, 1.54) is 18.7 Å². The van der Waals surface area contributed by atoms with Gasteiger partial charge < -0.3 is 10.2 Å². The predicted octanol–water partition coefficient (Wildman–Crippen LogP) is 3.08. The van der Waals surface area contributed by atoms with Crippen molar-refractivity contribution in [1.82, 2.24) is 10.2 Å². The van der Waals surface area contributed by atoms with E-state index >= 15 is 0 Å². The van der Waals surface area contributed by atoms with Gasteiger partial charge in [-0.15, -0.1) is 0 Å². The maximum absolute atomic E-state index is 3.58. The zero-order chi connectivity index (χ0) is 13.5. The van der Waals surface area contributed by atoms with Crippen LogP contribution in [-0.4, -0.2) is 48.6 Å². The van der Waals surface area contributed by atoms with Crippen LogP contribution in [0.1, 0.15) is 41.0 Å². The molecule has 0 aliphatic carbocycles. The molecule has 0 saturated heterocycles. The fourth-order valence-corrected chi connectivity index (χ4v) is 2.81. The maximum Gasteiger partial charge on any atom is 0.0180 e. The fourth-order valence-electron chi connectivity index (χ4n) is 1.93. The molecule has 0 aromatic rings. The van der Waals surface area contributed by atoms with Gasteiger partial charge >= 0.3 is 0 Å². The Bertz CT molecular complexity index is 189. The molecule has 1 N–H and O–H groups in total. The Balaban J connectivity index is 3.96. The van der Waals surface area contributed by atoms with Crippen LogP contribution in [0.15, 0.2) is 0 Å². The highest BCUT2D eigenvalue weighted by Crippen LogP contribution is 2.11. The first-order valence-electron chi connectivity index (χ1n) is 6.74. The summed E-state index contributed by atoms with van der Waals surface area (Å²) >= 11 is 1.95. The number of nitrogens with zero attached hydrogens (tertiary/aromatic N) is 1. The Kier molecular flexibility index (Phi) is 8.52. The molecule has 0 spiro atoms. The summed E-state index contributed by atoms with van der Waals surface area (Å²) in [6.07, 6.45) is 3.44. The fraction of sp³-hybridized carbons (Fsp3) is 1.00. The molecular formula is C14H32N2S. The van der Waals surface area contributed by atoms with Gasteiger partial charge in [-0.3, -0.25) is 0 Å². The lowest BCUT2D eigenvalue weighted by molar-refractivity contribution is 0.214. The summed E-state index contributed by atoms with van der Waals surface area (Å²) in [5.74, 6) is 1.95. The molecule has 0 rings (SSSR count). The van der Waals surface area contributed by atoms with Crippen molar-refractivity contribution in [2.75, 3.05) is 32.1 Å². The van der Waals surface area contributed by atoms with E-state index in [2.05, 4.69) is 58.1 Å². The molecule has 0 aromatic heterocycles. The van der Waals surface area contributed by atoms with Gasteiger partial charge in [0.15, 0.2) is 0 Å². The van der Waals surface area contributed by atoms with E-state index in [1.54, 1.807) is 0 Å². The van der Waals surface area contributed by atoms with E-state index in [1.807, 2.05) is 11.8 Å². The first-order valence-corrected chi connectivity index (χ1v) is 8.13. The standard InChI is InChI=1S/C14H32N2S/c1-8-13(11-17-7)16(6)10-12(2)9-15-14(3,4)5/h12-13,15H,8-11H2,1-7H3. The van der Waals surface area contributed by atoms with Crippen LogP contribution >= 0.6 is 11.8 Å². The first-order chi connectivity index (χ1) is 7.80. The molecule has 0 heterocycles. The minimum absolute atomic E-state index is 0.232. The smallest absolute Gasteiger partial charge is 0.0180 e. The van der Waals surface area contributed by atoms with Crippen molar-refractivity contribution in [2.24, 2.45) is 5.92 Å². The van der Waals surface area contributed by atoms with Crippen molar-refractivity contribution in [3.63, 3.8) is 0 Å². The second-order valence-electron chi connectivity index (χ2n) is 6.19. The van der Waals surface area contributed by atoms with Crippen LogP contribution in [-0.2, 0) is 0 Å². The summed E-state index contributed by atoms with van der Waals surface area (Å²) < 4.78 is 0. The Morgan fingerprint density at radius 1 is 1.29 bits per heavy atom. The summed E-state index contributed by atoms with van der Waals surface area (Å²) in [5, 5.41) is 3.58. The Morgan fingerprint density at radius 2 is 1.88 bits per heavy atom. The lowest BCUT2D eigenvalue weighted by Crippen LogP contribution is -2.43. The molecule has 104 valence electrons. The molecule has 0 amide bonds. The van der Waals surface area contributed by atoms with Gasteiger partial charge in [0, 0.05) is 23.9 Å². The van der Waals surface area contributed by atoms with E-state index in [9.17, 15) is 0 Å². The van der Waals surface area contributed by atoms with Gasteiger partial charge in [0.05, 0.1) is 0 Å². The van der Waals surface area contributed by atoms with Crippen molar-refractivity contribution in [1.29, 1.82) is 0 Å². The molecule has 0 aromatic carbocycles. The number of thioether (sulfide) groups is 1. The molecule has 2 nitrogen and oxygen atoms in total. The van der Waals surface area contributed by atoms with Gasteiger partial charge in [0.2, 0.25) is 0 Å². The van der Waals surface area contributed by atoms with Crippen LogP contribution in [0.2, 0.25) is 0 Å². The summed E-state index contributed by atoms with van der Waals surface area (Å²) in [5.41, 5.74) is 0.232. The highest BCUT2D eigenvalue weighted by Gasteiger charge is 2.16. The minimum Gasteiger partial charge on any atom is -0.312 e. The molecule has 17 heavy (non-hydrogen) atoms. The van der Waals surface area contributed by atoms with Gasteiger partial charge in [0.25, 0.3) is 0 Å². The van der Waals surface area contributed by atoms with Gasteiger partial charge in [-0.25, -0.2) is 0 Å². The molecule has 3 heteroatoms. The third kappa shape index (κ3) is 8.92. The maximum atomic E-state index is 3.58. The first kappa shape index (κ1) is 17.3. The molecular weight excluding hydrogens is 228 g/mol. The van der Waals surface area contributed by atoms with Gasteiger partial charge in [-0.1, -0.05) is 13.8 Å². The van der Waals surface area contributed by atoms with Crippen molar-refractivity contribution in [3.05, 3.63) is 0 Å². The Hall–Kier alpha value is 0.270. The van der Waals surface area contributed by atoms with E-state index in [-0.39, 0.29) is 5.54 Å². The number of hydrogen-bond donors (Lipinski definition) is 1. The third-order valence-electron chi connectivity index (χ3n) is 3.03. The Morgan fingerprint density at radius 3 is 2.29 bits per heavy atom.